The van der Waals surface area contributed by atoms with Gasteiger partial charge in [0.15, 0.2) is 0 Å². The minimum atomic E-state index is -0.126. The molecule has 0 aliphatic carbocycles. The van der Waals surface area contributed by atoms with Gasteiger partial charge in [0.25, 0.3) is 5.91 Å². The molecule has 24 heavy (non-hydrogen) atoms. The predicted molar refractivity (Wildman–Crippen MR) is 95.9 cm³/mol. The zero-order valence-electron chi connectivity index (χ0n) is 13.9. The lowest BCUT2D eigenvalue weighted by molar-refractivity contribution is 0.102. The van der Waals surface area contributed by atoms with Crippen molar-refractivity contribution in [1.82, 2.24) is 4.57 Å². The van der Waals surface area contributed by atoms with Crippen LogP contribution in [0.4, 0.5) is 5.69 Å². The lowest BCUT2D eigenvalue weighted by atomic mass is 10.1. The summed E-state index contributed by atoms with van der Waals surface area (Å²) < 4.78 is 7.48. The molecule has 0 aliphatic rings. The van der Waals surface area contributed by atoms with Crippen LogP contribution >= 0.6 is 11.6 Å². The molecule has 3 rings (SSSR count). The lowest BCUT2D eigenvalue weighted by Gasteiger charge is -2.10. The Balaban J connectivity index is 1.85. The molecule has 4 nitrogen and oxygen atoms in total. The van der Waals surface area contributed by atoms with E-state index in [0.29, 0.717) is 17.1 Å². The van der Waals surface area contributed by atoms with Crippen LogP contribution in [-0.4, -0.2) is 10.5 Å². The van der Waals surface area contributed by atoms with Crippen LogP contribution in [0.1, 0.15) is 33.1 Å². The molecule has 0 saturated heterocycles. The van der Waals surface area contributed by atoms with Crippen molar-refractivity contribution in [2.45, 2.75) is 27.3 Å². The Morgan fingerprint density at radius 2 is 2.00 bits per heavy atom. The van der Waals surface area contributed by atoms with Crippen molar-refractivity contribution in [3.05, 3.63) is 76.0 Å². The summed E-state index contributed by atoms with van der Waals surface area (Å²) in [6.07, 6.45) is 1.65. The van der Waals surface area contributed by atoms with Crippen molar-refractivity contribution < 1.29 is 9.21 Å². The normalized spacial score (nSPS) is 10.8. The fourth-order valence-corrected chi connectivity index (χ4v) is 3.02. The quantitative estimate of drug-likeness (QED) is 0.728. The van der Waals surface area contributed by atoms with Gasteiger partial charge in [0.1, 0.15) is 5.76 Å². The summed E-state index contributed by atoms with van der Waals surface area (Å²) in [7, 11) is 0. The molecule has 0 radical (unpaired) electrons. The van der Waals surface area contributed by atoms with E-state index in [2.05, 4.69) is 9.88 Å². The third-order valence-electron chi connectivity index (χ3n) is 4.15. The van der Waals surface area contributed by atoms with Crippen molar-refractivity contribution in [3.8, 4) is 0 Å². The maximum absolute atomic E-state index is 12.7. The van der Waals surface area contributed by atoms with Gasteiger partial charge in [0.2, 0.25) is 0 Å². The van der Waals surface area contributed by atoms with E-state index in [-0.39, 0.29) is 5.91 Å². The molecule has 124 valence electrons. The first-order valence-electron chi connectivity index (χ1n) is 7.72. The van der Waals surface area contributed by atoms with Gasteiger partial charge in [-0.3, -0.25) is 4.79 Å². The first kappa shape index (κ1) is 16.4. The average Bonchev–Trinajstić information content (AvgIpc) is 3.14. The van der Waals surface area contributed by atoms with Crippen LogP contribution in [0, 0.1) is 20.8 Å². The Morgan fingerprint density at radius 3 is 2.67 bits per heavy atom. The molecule has 1 aromatic carbocycles. The number of nitrogens with zero attached hydrogens (tertiary/aromatic N) is 1. The number of carbonyl (C=O) groups is 1. The number of amides is 1. The number of carbonyl (C=O) groups excluding carboxylic acids is 1. The van der Waals surface area contributed by atoms with Crippen LogP contribution in [0.5, 0.6) is 0 Å². The highest BCUT2D eigenvalue weighted by Crippen LogP contribution is 2.22. The van der Waals surface area contributed by atoms with Gasteiger partial charge in [-0.25, -0.2) is 0 Å². The number of aryl methyl sites for hydroxylation is 2. The zero-order valence-corrected chi connectivity index (χ0v) is 14.6. The molecule has 3 aromatic rings. The number of aromatic nitrogens is 1. The maximum Gasteiger partial charge on any atom is 0.257 e. The van der Waals surface area contributed by atoms with Crippen molar-refractivity contribution in [2.24, 2.45) is 0 Å². The molecule has 0 fully saturated rings. The van der Waals surface area contributed by atoms with Crippen molar-refractivity contribution >= 4 is 23.2 Å². The number of halogens is 1. The van der Waals surface area contributed by atoms with Gasteiger partial charge >= 0.3 is 0 Å². The topological polar surface area (TPSA) is 47.2 Å². The molecule has 2 aromatic heterocycles. The molecule has 0 atom stereocenters. The smallest absolute Gasteiger partial charge is 0.257 e. The fourth-order valence-electron chi connectivity index (χ4n) is 2.79. The largest absolute Gasteiger partial charge is 0.467 e. The monoisotopic (exact) mass is 342 g/mol. The van der Waals surface area contributed by atoms with Crippen molar-refractivity contribution in [3.63, 3.8) is 0 Å². The third-order valence-corrected chi connectivity index (χ3v) is 4.38. The van der Waals surface area contributed by atoms with Crippen LogP contribution in [-0.2, 0) is 6.54 Å². The van der Waals surface area contributed by atoms with Gasteiger partial charge in [-0.05, 0) is 62.7 Å². The summed E-state index contributed by atoms with van der Waals surface area (Å²) in [5.74, 6) is 0.733. The van der Waals surface area contributed by atoms with Crippen molar-refractivity contribution in [1.29, 1.82) is 0 Å². The van der Waals surface area contributed by atoms with E-state index in [1.807, 2.05) is 51.1 Å². The number of nitrogens with one attached hydrogen (secondary N) is 1. The minimum absolute atomic E-state index is 0.126. The Labute approximate surface area is 146 Å². The second-order valence-electron chi connectivity index (χ2n) is 5.86. The molecule has 0 aliphatic heterocycles. The highest BCUT2D eigenvalue weighted by atomic mass is 35.5. The summed E-state index contributed by atoms with van der Waals surface area (Å²) in [4.78, 5) is 12.7. The van der Waals surface area contributed by atoms with E-state index in [4.69, 9.17) is 16.0 Å². The molecule has 1 N–H and O–H groups in total. The van der Waals surface area contributed by atoms with Crippen LogP contribution in [0.3, 0.4) is 0 Å². The Kier molecular flexibility index (Phi) is 4.49. The predicted octanol–water partition coefficient (Wildman–Crippen LogP) is 4.96. The number of rotatable bonds is 4. The third kappa shape index (κ3) is 3.24. The van der Waals surface area contributed by atoms with Gasteiger partial charge in [-0.2, -0.15) is 0 Å². The molecule has 0 bridgehead atoms. The van der Waals surface area contributed by atoms with Crippen LogP contribution in [0.2, 0.25) is 5.02 Å². The first-order chi connectivity index (χ1) is 11.5. The average molecular weight is 343 g/mol. The van der Waals surface area contributed by atoms with Gasteiger partial charge in [0.05, 0.1) is 18.4 Å². The van der Waals surface area contributed by atoms with E-state index in [1.54, 1.807) is 12.3 Å². The molecule has 1 amide bonds. The number of anilines is 1. The number of hydrogen-bond donors (Lipinski definition) is 1. The number of hydrogen-bond acceptors (Lipinski definition) is 2. The van der Waals surface area contributed by atoms with E-state index in [0.717, 1.165) is 28.4 Å². The first-order valence-corrected chi connectivity index (χ1v) is 8.10. The zero-order chi connectivity index (χ0) is 17.3. The number of benzene rings is 1. The molecule has 2 heterocycles. The number of furan rings is 1. The Bertz CT molecular complexity index is 879. The Hall–Kier alpha value is -2.46. The molecular weight excluding hydrogens is 324 g/mol. The van der Waals surface area contributed by atoms with Gasteiger partial charge in [-0.1, -0.05) is 11.6 Å². The van der Waals surface area contributed by atoms with Crippen LogP contribution < -0.4 is 5.32 Å². The second kappa shape index (κ2) is 6.57. The molecular formula is C19H19ClN2O2. The second-order valence-corrected chi connectivity index (χ2v) is 6.30. The summed E-state index contributed by atoms with van der Waals surface area (Å²) >= 11 is 5.96. The van der Waals surface area contributed by atoms with E-state index < -0.39 is 0 Å². The van der Waals surface area contributed by atoms with Gasteiger partial charge in [0, 0.05) is 22.1 Å². The summed E-state index contributed by atoms with van der Waals surface area (Å²) in [6, 6.07) is 11.1. The van der Waals surface area contributed by atoms with E-state index in [9.17, 15) is 4.79 Å². The summed E-state index contributed by atoms with van der Waals surface area (Å²) in [5, 5.41) is 3.61. The Morgan fingerprint density at radius 1 is 1.21 bits per heavy atom. The van der Waals surface area contributed by atoms with Crippen LogP contribution in [0.25, 0.3) is 0 Å². The van der Waals surface area contributed by atoms with E-state index >= 15 is 0 Å². The highest BCUT2D eigenvalue weighted by Gasteiger charge is 2.17. The molecule has 0 saturated carbocycles. The molecule has 0 unspecified atom stereocenters. The fraction of sp³-hybridized carbons (Fsp3) is 0.211. The maximum atomic E-state index is 12.7. The highest BCUT2D eigenvalue weighted by molar-refractivity contribution is 6.30. The molecule has 0 spiro atoms. The standard InChI is InChI=1S/C19H19ClN2O2/c1-12-9-15(20)6-7-18(12)21-19(23)17-10-13(2)22(14(17)3)11-16-5-4-8-24-16/h4-10H,11H2,1-3H3,(H,21,23). The summed E-state index contributed by atoms with van der Waals surface area (Å²) in [6.45, 7) is 6.46. The van der Waals surface area contributed by atoms with Gasteiger partial charge in [-0.15, -0.1) is 0 Å². The lowest BCUT2D eigenvalue weighted by Crippen LogP contribution is -2.14. The SMILES string of the molecule is Cc1cc(Cl)ccc1NC(=O)c1cc(C)n(Cc2ccco2)c1C. The van der Waals surface area contributed by atoms with Crippen LogP contribution in [0.15, 0.2) is 47.1 Å². The van der Waals surface area contributed by atoms with Crippen molar-refractivity contribution in [2.75, 3.05) is 5.32 Å². The molecule has 5 heteroatoms. The summed E-state index contributed by atoms with van der Waals surface area (Å²) in [5.41, 5.74) is 4.28. The van der Waals surface area contributed by atoms with Gasteiger partial charge < -0.3 is 14.3 Å². The minimum Gasteiger partial charge on any atom is -0.467 e. The van der Waals surface area contributed by atoms with E-state index in [1.165, 1.54) is 0 Å².